The van der Waals surface area contributed by atoms with Crippen LogP contribution in [-0.2, 0) is 9.53 Å². The number of carbonyl (C=O) groups is 2. The molecule has 0 radical (unpaired) electrons. The molecule has 0 rings (SSSR count). The van der Waals surface area contributed by atoms with Gasteiger partial charge in [0.05, 0.1) is 12.5 Å². The fourth-order valence-corrected chi connectivity index (χ4v) is 1.11. The van der Waals surface area contributed by atoms with Crippen LogP contribution < -0.4 is 10.6 Å². The number of carboxylic acid groups (broad SMARTS) is 1. The van der Waals surface area contributed by atoms with Crippen LogP contribution in [0.1, 0.15) is 13.3 Å². The predicted octanol–water partition coefficient (Wildman–Crippen LogP) is 0.975. The lowest BCUT2D eigenvalue weighted by atomic mass is 10.1. The summed E-state index contributed by atoms with van der Waals surface area (Å²) in [5.74, 6) is -1.71. The number of hydrogen-bond acceptors (Lipinski definition) is 3. The van der Waals surface area contributed by atoms with Gasteiger partial charge in [-0.15, -0.1) is 0 Å². The molecule has 0 aliphatic carbocycles. The summed E-state index contributed by atoms with van der Waals surface area (Å²) in [5, 5.41) is 13.3. The van der Waals surface area contributed by atoms with Gasteiger partial charge in [0, 0.05) is 13.1 Å². The highest BCUT2D eigenvalue weighted by Crippen LogP contribution is 2.13. The Labute approximate surface area is 108 Å². The largest absolute Gasteiger partial charge is 0.481 e. The van der Waals surface area contributed by atoms with Gasteiger partial charge in [-0.1, -0.05) is 6.92 Å². The van der Waals surface area contributed by atoms with Crippen molar-refractivity contribution >= 4 is 12.0 Å². The summed E-state index contributed by atoms with van der Waals surface area (Å²) in [6, 6.07) is -0.643. The second-order valence-corrected chi connectivity index (χ2v) is 3.75. The van der Waals surface area contributed by atoms with Gasteiger partial charge in [-0.2, -0.15) is 13.2 Å². The first kappa shape index (κ1) is 17.5. The van der Waals surface area contributed by atoms with Crippen LogP contribution >= 0.6 is 0 Å². The van der Waals surface area contributed by atoms with E-state index in [1.807, 2.05) is 0 Å². The fraction of sp³-hybridized carbons (Fsp3) is 0.800. The van der Waals surface area contributed by atoms with E-state index >= 15 is 0 Å². The van der Waals surface area contributed by atoms with E-state index in [0.717, 1.165) is 0 Å². The summed E-state index contributed by atoms with van der Waals surface area (Å²) in [7, 11) is 0. The van der Waals surface area contributed by atoms with E-state index in [0.29, 0.717) is 6.42 Å². The van der Waals surface area contributed by atoms with Crippen LogP contribution in [0.3, 0.4) is 0 Å². The zero-order valence-electron chi connectivity index (χ0n) is 10.4. The molecule has 0 heterocycles. The van der Waals surface area contributed by atoms with Crippen molar-refractivity contribution in [1.82, 2.24) is 10.6 Å². The maximum absolute atomic E-state index is 11.7. The van der Waals surface area contributed by atoms with Gasteiger partial charge in [-0.05, 0) is 6.42 Å². The van der Waals surface area contributed by atoms with Crippen LogP contribution in [0.25, 0.3) is 0 Å². The number of aliphatic carboxylic acids is 1. The van der Waals surface area contributed by atoms with E-state index in [2.05, 4.69) is 15.4 Å². The summed E-state index contributed by atoms with van der Waals surface area (Å²) < 4.78 is 39.3. The maximum Gasteiger partial charge on any atom is 0.411 e. The molecule has 0 aromatic rings. The van der Waals surface area contributed by atoms with Gasteiger partial charge in [0.25, 0.3) is 0 Å². The Morgan fingerprint density at radius 1 is 1.32 bits per heavy atom. The number of nitrogens with one attached hydrogen (secondary N) is 2. The topological polar surface area (TPSA) is 87.7 Å². The summed E-state index contributed by atoms with van der Waals surface area (Å²) in [5.41, 5.74) is 0. The number of alkyl halides is 3. The quantitative estimate of drug-likeness (QED) is 0.580. The lowest BCUT2D eigenvalue weighted by Crippen LogP contribution is -2.41. The normalized spacial score (nSPS) is 12.8. The van der Waals surface area contributed by atoms with Crippen molar-refractivity contribution in [3.63, 3.8) is 0 Å². The standard InChI is InChI=1S/C10H17F3N2O4/c1-2-7(8(16)17)5-15-9(18)14-3-4-19-6-10(11,12)13/h7H,2-6H2,1H3,(H,16,17)(H2,14,15,18). The van der Waals surface area contributed by atoms with Gasteiger partial charge in [0.1, 0.15) is 6.61 Å². The van der Waals surface area contributed by atoms with E-state index < -0.39 is 30.7 Å². The summed E-state index contributed by atoms with van der Waals surface area (Å²) in [6.07, 6.45) is -4.03. The Morgan fingerprint density at radius 3 is 2.42 bits per heavy atom. The van der Waals surface area contributed by atoms with Crippen LogP contribution in [-0.4, -0.2) is 49.6 Å². The van der Waals surface area contributed by atoms with Gasteiger partial charge in [0.2, 0.25) is 0 Å². The first-order valence-corrected chi connectivity index (χ1v) is 5.65. The molecule has 3 N–H and O–H groups in total. The Bertz CT molecular complexity index is 297. The second-order valence-electron chi connectivity index (χ2n) is 3.75. The summed E-state index contributed by atoms with van der Waals surface area (Å²) in [4.78, 5) is 21.8. The summed E-state index contributed by atoms with van der Waals surface area (Å²) in [6.45, 7) is -0.105. The Balaban J connectivity index is 3.63. The van der Waals surface area contributed by atoms with Crippen LogP contribution in [0.15, 0.2) is 0 Å². The minimum absolute atomic E-state index is 0.0406. The molecule has 0 aromatic carbocycles. The van der Waals surface area contributed by atoms with Crippen LogP contribution in [0.5, 0.6) is 0 Å². The fourth-order valence-electron chi connectivity index (χ4n) is 1.11. The van der Waals surface area contributed by atoms with E-state index in [9.17, 15) is 22.8 Å². The Morgan fingerprint density at radius 2 is 1.95 bits per heavy atom. The number of halogens is 3. The second kappa shape index (κ2) is 8.57. The Kier molecular flexibility index (Phi) is 7.89. The number of ether oxygens (including phenoxy) is 1. The van der Waals surface area contributed by atoms with Crippen molar-refractivity contribution in [3.8, 4) is 0 Å². The van der Waals surface area contributed by atoms with Crippen molar-refractivity contribution < 1.29 is 32.6 Å². The number of carboxylic acids is 1. The minimum atomic E-state index is -4.39. The number of hydrogen-bond donors (Lipinski definition) is 3. The first-order valence-electron chi connectivity index (χ1n) is 5.65. The van der Waals surface area contributed by atoms with Crippen molar-refractivity contribution in [2.75, 3.05) is 26.3 Å². The van der Waals surface area contributed by atoms with Crippen molar-refractivity contribution in [2.24, 2.45) is 5.92 Å². The molecular formula is C10H17F3N2O4. The molecule has 9 heteroatoms. The third-order valence-corrected chi connectivity index (χ3v) is 2.15. The monoisotopic (exact) mass is 286 g/mol. The third kappa shape index (κ3) is 10.1. The van der Waals surface area contributed by atoms with E-state index in [1.165, 1.54) is 0 Å². The minimum Gasteiger partial charge on any atom is -0.481 e. The number of rotatable bonds is 8. The molecule has 0 aliphatic rings. The van der Waals surface area contributed by atoms with Crippen molar-refractivity contribution in [2.45, 2.75) is 19.5 Å². The molecule has 0 aliphatic heterocycles. The molecule has 2 amide bonds. The average molecular weight is 286 g/mol. The number of urea groups is 1. The van der Waals surface area contributed by atoms with Gasteiger partial charge < -0.3 is 20.5 Å². The van der Waals surface area contributed by atoms with Gasteiger partial charge in [-0.3, -0.25) is 4.79 Å². The molecule has 1 atom stereocenters. The lowest BCUT2D eigenvalue weighted by molar-refractivity contribution is -0.173. The van der Waals surface area contributed by atoms with E-state index in [4.69, 9.17) is 5.11 Å². The predicted molar refractivity (Wildman–Crippen MR) is 59.7 cm³/mol. The molecule has 0 saturated carbocycles. The molecule has 0 saturated heterocycles. The molecule has 112 valence electrons. The zero-order chi connectivity index (χ0) is 14.9. The highest BCUT2D eigenvalue weighted by Gasteiger charge is 2.27. The number of carbonyl (C=O) groups excluding carboxylic acids is 1. The molecule has 0 spiro atoms. The smallest absolute Gasteiger partial charge is 0.411 e. The Hall–Kier alpha value is -1.51. The van der Waals surface area contributed by atoms with Crippen LogP contribution in [0, 0.1) is 5.92 Å². The van der Waals surface area contributed by atoms with E-state index in [1.54, 1.807) is 6.92 Å². The van der Waals surface area contributed by atoms with Crippen LogP contribution in [0.4, 0.5) is 18.0 Å². The molecule has 6 nitrogen and oxygen atoms in total. The SMILES string of the molecule is CCC(CNC(=O)NCCOCC(F)(F)F)C(=O)O. The van der Waals surface area contributed by atoms with Gasteiger partial charge in [-0.25, -0.2) is 4.79 Å². The average Bonchev–Trinajstić information content (AvgIpc) is 2.27. The molecule has 1 unspecified atom stereocenters. The van der Waals surface area contributed by atoms with Crippen LogP contribution in [0.2, 0.25) is 0 Å². The first-order chi connectivity index (χ1) is 8.76. The van der Waals surface area contributed by atoms with Gasteiger partial charge in [0.15, 0.2) is 0 Å². The van der Waals surface area contributed by atoms with Crippen molar-refractivity contribution in [3.05, 3.63) is 0 Å². The molecule has 0 aromatic heterocycles. The third-order valence-electron chi connectivity index (χ3n) is 2.15. The molecule has 19 heavy (non-hydrogen) atoms. The molecule has 0 fully saturated rings. The molecule has 0 bridgehead atoms. The van der Waals surface area contributed by atoms with Gasteiger partial charge >= 0.3 is 18.2 Å². The highest BCUT2D eigenvalue weighted by molar-refractivity contribution is 5.75. The zero-order valence-corrected chi connectivity index (χ0v) is 10.4. The molecular weight excluding hydrogens is 269 g/mol. The van der Waals surface area contributed by atoms with E-state index in [-0.39, 0.29) is 19.7 Å². The highest BCUT2D eigenvalue weighted by atomic mass is 19.4. The number of amides is 2. The maximum atomic E-state index is 11.7. The summed E-state index contributed by atoms with van der Waals surface area (Å²) >= 11 is 0. The van der Waals surface area contributed by atoms with Crippen molar-refractivity contribution in [1.29, 1.82) is 0 Å². The lowest BCUT2D eigenvalue weighted by Gasteiger charge is -2.12.